The topological polar surface area (TPSA) is 3.24 Å². The molecule has 0 aromatic heterocycles. The van der Waals surface area contributed by atoms with E-state index in [2.05, 4.69) is 18.7 Å². The van der Waals surface area contributed by atoms with Crippen LogP contribution in [0.5, 0.6) is 0 Å². The first-order chi connectivity index (χ1) is 7.36. The van der Waals surface area contributed by atoms with Crippen LogP contribution in [0.2, 0.25) is 15.8 Å². The predicted octanol–water partition coefficient (Wildman–Crippen LogP) is 3.79. The molecule has 1 saturated heterocycles. The van der Waals surface area contributed by atoms with Crippen molar-refractivity contribution in [3.05, 3.63) is 0 Å². The Hall–Kier alpha value is 0.492. The molecule has 0 amide bonds. The lowest BCUT2D eigenvalue weighted by Gasteiger charge is -2.19. The third-order valence-corrected chi connectivity index (χ3v) is 7.63. The Balaban J connectivity index is 1.95. The summed E-state index contributed by atoms with van der Waals surface area (Å²) in [6, 6.07) is 0. The van der Waals surface area contributed by atoms with Gasteiger partial charge in [0.05, 0.1) is 0 Å². The minimum Gasteiger partial charge on any atom is -0.304 e. The van der Waals surface area contributed by atoms with Crippen molar-refractivity contribution in [2.24, 2.45) is 0 Å². The fraction of sp³-hybridized carbons (Fsp3) is 1.00. The molecule has 1 nitrogen and oxygen atoms in total. The zero-order valence-corrected chi connectivity index (χ0v) is 12.0. The summed E-state index contributed by atoms with van der Waals surface area (Å²) >= 11 is -0.225. The molecule has 2 heteroatoms. The standard InChI is InChI=1S/C8H18N.C5H10.Al/c1-4-7-8-9(5-2)6-3;1-3-5-4-2;/h1,4-8H2,2-3H3;1-5H2;. The highest BCUT2D eigenvalue weighted by Crippen LogP contribution is 2.22. The monoisotopic (exact) mass is 225 g/mol. The molecular formula is C13H28AlN. The van der Waals surface area contributed by atoms with Crippen molar-refractivity contribution in [2.75, 3.05) is 19.6 Å². The molecule has 15 heavy (non-hydrogen) atoms. The minimum absolute atomic E-state index is 0.225. The van der Waals surface area contributed by atoms with E-state index in [9.17, 15) is 0 Å². The first-order valence-electron chi connectivity index (χ1n) is 7.09. The Morgan fingerprint density at radius 3 is 2.20 bits per heavy atom. The Morgan fingerprint density at radius 2 is 1.60 bits per heavy atom. The molecule has 1 rings (SSSR count). The maximum absolute atomic E-state index is 2.56. The maximum Gasteiger partial charge on any atom is 0.261 e. The lowest BCUT2D eigenvalue weighted by Crippen LogP contribution is -2.24. The van der Waals surface area contributed by atoms with Crippen molar-refractivity contribution in [3.63, 3.8) is 0 Å². The lowest BCUT2D eigenvalue weighted by molar-refractivity contribution is 0.298. The van der Waals surface area contributed by atoms with Crippen molar-refractivity contribution in [1.29, 1.82) is 0 Å². The fourth-order valence-corrected chi connectivity index (χ4v) is 6.25. The lowest BCUT2D eigenvalue weighted by atomic mass is 10.3. The molecule has 0 aromatic carbocycles. The molecule has 0 N–H and O–H groups in total. The normalized spacial score (nSPS) is 17.4. The molecule has 1 fully saturated rings. The van der Waals surface area contributed by atoms with Gasteiger partial charge in [0.1, 0.15) is 0 Å². The van der Waals surface area contributed by atoms with Crippen LogP contribution in [0.15, 0.2) is 0 Å². The average Bonchev–Trinajstić information content (AvgIpc) is 2.31. The van der Waals surface area contributed by atoms with E-state index < -0.39 is 0 Å². The van der Waals surface area contributed by atoms with Crippen LogP contribution in [0.3, 0.4) is 0 Å². The highest BCUT2D eigenvalue weighted by molar-refractivity contribution is 6.58. The molecule has 0 radical (unpaired) electrons. The zero-order valence-electron chi connectivity index (χ0n) is 10.8. The Bertz CT molecular complexity index is 139. The van der Waals surface area contributed by atoms with Gasteiger partial charge in [0.2, 0.25) is 0 Å². The van der Waals surface area contributed by atoms with Crippen LogP contribution in [-0.4, -0.2) is 38.7 Å². The van der Waals surface area contributed by atoms with Crippen LogP contribution in [0.4, 0.5) is 0 Å². The Morgan fingerprint density at radius 1 is 0.933 bits per heavy atom. The van der Waals surface area contributed by atoms with E-state index in [4.69, 9.17) is 0 Å². The van der Waals surface area contributed by atoms with Crippen LogP contribution in [-0.2, 0) is 0 Å². The second kappa shape index (κ2) is 8.62. The summed E-state index contributed by atoms with van der Waals surface area (Å²) < 4.78 is 0. The van der Waals surface area contributed by atoms with Gasteiger partial charge < -0.3 is 4.90 Å². The largest absolute Gasteiger partial charge is 0.304 e. The van der Waals surface area contributed by atoms with Gasteiger partial charge in [-0.3, -0.25) is 0 Å². The molecule has 1 aliphatic heterocycles. The van der Waals surface area contributed by atoms with E-state index in [-0.39, 0.29) is 14.1 Å². The third-order valence-electron chi connectivity index (χ3n) is 3.96. The number of hydrogen-bond acceptors (Lipinski definition) is 1. The van der Waals surface area contributed by atoms with E-state index in [0.717, 1.165) is 0 Å². The van der Waals surface area contributed by atoms with Gasteiger partial charge in [0.15, 0.2) is 0 Å². The quantitative estimate of drug-likeness (QED) is 0.471. The van der Waals surface area contributed by atoms with Crippen molar-refractivity contribution in [1.82, 2.24) is 4.90 Å². The maximum atomic E-state index is 2.56. The highest BCUT2D eigenvalue weighted by Gasteiger charge is 2.18. The first kappa shape index (κ1) is 13.6. The minimum atomic E-state index is -0.225. The van der Waals surface area contributed by atoms with Crippen LogP contribution in [0.1, 0.15) is 46.0 Å². The van der Waals surface area contributed by atoms with Crippen LogP contribution >= 0.6 is 0 Å². The van der Waals surface area contributed by atoms with E-state index in [1.54, 1.807) is 28.7 Å². The van der Waals surface area contributed by atoms with Gasteiger partial charge in [-0.1, -0.05) is 55.4 Å². The molecule has 0 spiro atoms. The summed E-state index contributed by atoms with van der Waals surface area (Å²) in [4.78, 5) is 2.56. The van der Waals surface area contributed by atoms with Crippen molar-refractivity contribution < 1.29 is 0 Å². The number of nitrogens with zero attached hydrogens (tertiary/aromatic N) is 1. The molecule has 0 bridgehead atoms. The molecule has 88 valence electrons. The number of unbranched alkanes of at least 4 members (excludes halogenated alkanes) is 1. The van der Waals surface area contributed by atoms with Gasteiger partial charge >= 0.3 is 0 Å². The van der Waals surface area contributed by atoms with E-state index in [0.29, 0.717) is 0 Å². The van der Waals surface area contributed by atoms with Crippen molar-refractivity contribution in [2.45, 2.75) is 61.8 Å². The summed E-state index contributed by atoms with van der Waals surface area (Å²) in [6.45, 7) is 8.36. The van der Waals surface area contributed by atoms with Crippen molar-refractivity contribution in [3.8, 4) is 0 Å². The van der Waals surface area contributed by atoms with Gasteiger partial charge in [-0.2, -0.15) is 0 Å². The van der Waals surface area contributed by atoms with Gasteiger partial charge in [0, 0.05) is 0 Å². The fourth-order valence-electron chi connectivity index (χ4n) is 2.78. The van der Waals surface area contributed by atoms with Crippen molar-refractivity contribution >= 4 is 14.1 Å². The first-order valence-corrected chi connectivity index (χ1v) is 9.54. The molecule has 0 aliphatic carbocycles. The molecule has 0 unspecified atom stereocenters. The van der Waals surface area contributed by atoms with E-state index >= 15 is 0 Å². The second-order valence-electron chi connectivity index (χ2n) is 5.03. The molecule has 1 aliphatic rings. The van der Waals surface area contributed by atoms with E-state index in [1.165, 1.54) is 38.9 Å². The summed E-state index contributed by atoms with van der Waals surface area (Å²) in [5.41, 5.74) is 0. The summed E-state index contributed by atoms with van der Waals surface area (Å²) in [5.74, 6) is 0. The number of hydrogen-bond donors (Lipinski definition) is 0. The van der Waals surface area contributed by atoms with Crippen LogP contribution in [0, 0.1) is 0 Å². The third kappa shape index (κ3) is 5.95. The average molecular weight is 225 g/mol. The van der Waals surface area contributed by atoms with E-state index in [1.807, 2.05) is 0 Å². The summed E-state index contributed by atoms with van der Waals surface area (Å²) in [5, 5.41) is 4.96. The molecule has 0 atom stereocenters. The number of rotatable bonds is 7. The molecule has 1 heterocycles. The molecule has 0 saturated carbocycles. The Kier molecular flexibility index (Phi) is 7.79. The van der Waals surface area contributed by atoms with Crippen LogP contribution < -0.4 is 0 Å². The summed E-state index contributed by atoms with van der Waals surface area (Å²) in [6.07, 6.45) is 7.63. The van der Waals surface area contributed by atoms with Gasteiger partial charge in [-0.25, -0.2) is 0 Å². The van der Waals surface area contributed by atoms with Gasteiger partial charge in [0.25, 0.3) is 14.1 Å². The predicted molar refractivity (Wildman–Crippen MR) is 71.0 cm³/mol. The van der Waals surface area contributed by atoms with Crippen LogP contribution in [0.25, 0.3) is 0 Å². The molecular weight excluding hydrogens is 197 g/mol. The highest BCUT2D eigenvalue weighted by atomic mass is 27.2. The van der Waals surface area contributed by atoms with Gasteiger partial charge in [-0.05, 0) is 26.1 Å². The Labute approximate surface area is 101 Å². The van der Waals surface area contributed by atoms with Gasteiger partial charge in [-0.15, -0.1) is 0 Å². The zero-order chi connectivity index (χ0) is 10.9. The smallest absolute Gasteiger partial charge is 0.261 e. The summed E-state index contributed by atoms with van der Waals surface area (Å²) in [7, 11) is 0. The molecule has 0 aromatic rings. The second-order valence-corrected chi connectivity index (χ2v) is 8.49. The SMILES string of the molecule is CCN(CC)CCC[CH2][Al]1[CH2]CCC[CH2]1.